The van der Waals surface area contributed by atoms with Crippen molar-refractivity contribution in [3.8, 4) is 0 Å². The predicted octanol–water partition coefficient (Wildman–Crippen LogP) is 3.02. The van der Waals surface area contributed by atoms with E-state index in [4.69, 9.17) is 5.73 Å². The molecule has 1 aliphatic heterocycles. The van der Waals surface area contributed by atoms with Crippen LogP contribution in [0.3, 0.4) is 0 Å². The summed E-state index contributed by atoms with van der Waals surface area (Å²) in [4.78, 5) is 2.53. The highest BCUT2D eigenvalue weighted by Gasteiger charge is 2.23. The van der Waals surface area contributed by atoms with Crippen LogP contribution >= 0.6 is 0 Å². The molecule has 0 unspecified atom stereocenters. The van der Waals surface area contributed by atoms with Crippen molar-refractivity contribution in [3.63, 3.8) is 0 Å². The summed E-state index contributed by atoms with van der Waals surface area (Å²) in [6.45, 7) is 3.83. The molecule has 1 aliphatic rings. The highest BCUT2D eigenvalue weighted by molar-refractivity contribution is 5.37. The number of aliphatic hydroxyl groups is 1. The molecule has 1 saturated heterocycles. The van der Waals surface area contributed by atoms with E-state index in [2.05, 4.69) is 47.4 Å². The van der Waals surface area contributed by atoms with Crippen LogP contribution in [0.1, 0.15) is 41.0 Å². The first-order valence-electron chi connectivity index (χ1n) is 8.49. The van der Waals surface area contributed by atoms with Crippen molar-refractivity contribution in [2.75, 3.05) is 13.1 Å². The second-order valence-corrected chi connectivity index (χ2v) is 6.38. The summed E-state index contributed by atoms with van der Waals surface area (Å²) in [7, 11) is 0. The molecule has 0 spiro atoms. The second kappa shape index (κ2) is 7.73. The highest BCUT2D eigenvalue weighted by Crippen LogP contribution is 2.32. The fourth-order valence-corrected chi connectivity index (χ4v) is 3.66. The van der Waals surface area contributed by atoms with Gasteiger partial charge in [-0.15, -0.1) is 0 Å². The van der Waals surface area contributed by atoms with E-state index in [0.29, 0.717) is 12.5 Å². The Kier molecular flexibility index (Phi) is 5.44. The van der Waals surface area contributed by atoms with Gasteiger partial charge in [0.2, 0.25) is 0 Å². The first kappa shape index (κ1) is 16.2. The zero-order valence-electron chi connectivity index (χ0n) is 13.6. The average molecular weight is 310 g/mol. The van der Waals surface area contributed by atoms with Crippen molar-refractivity contribution in [2.24, 2.45) is 5.73 Å². The minimum Gasteiger partial charge on any atom is -0.392 e. The second-order valence-electron chi connectivity index (χ2n) is 6.38. The maximum atomic E-state index is 9.74. The number of piperidine rings is 1. The Morgan fingerprint density at radius 2 is 1.74 bits per heavy atom. The zero-order chi connectivity index (χ0) is 16.1. The van der Waals surface area contributed by atoms with E-state index in [9.17, 15) is 5.11 Å². The molecule has 0 atom stereocenters. The largest absolute Gasteiger partial charge is 0.392 e. The van der Waals surface area contributed by atoms with Crippen LogP contribution in [0.15, 0.2) is 48.5 Å². The lowest BCUT2D eigenvalue weighted by atomic mass is 9.85. The maximum absolute atomic E-state index is 9.74. The maximum Gasteiger partial charge on any atom is 0.0687 e. The van der Waals surface area contributed by atoms with E-state index in [1.165, 1.54) is 11.1 Å². The molecule has 1 heterocycles. The highest BCUT2D eigenvalue weighted by atomic mass is 16.3. The molecule has 3 N–H and O–H groups in total. The van der Waals surface area contributed by atoms with Gasteiger partial charge in [-0.05, 0) is 54.1 Å². The van der Waals surface area contributed by atoms with Crippen LogP contribution in [0.2, 0.25) is 0 Å². The van der Waals surface area contributed by atoms with E-state index >= 15 is 0 Å². The van der Waals surface area contributed by atoms with Crippen molar-refractivity contribution in [2.45, 2.75) is 38.5 Å². The van der Waals surface area contributed by atoms with Gasteiger partial charge in [0.05, 0.1) is 6.61 Å². The van der Waals surface area contributed by atoms with Gasteiger partial charge in [-0.25, -0.2) is 0 Å². The molecule has 0 aliphatic carbocycles. The molecule has 3 heteroatoms. The van der Waals surface area contributed by atoms with Crippen LogP contribution < -0.4 is 5.73 Å². The summed E-state index contributed by atoms with van der Waals surface area (Å²) in [5.74, 6) is 0.538. The van der Waals surface area contributed by atoms with E-state index in [-0.39, 0.29) is 6.61 Å². The van der Waals surface area contributed by atoms with Gasteiger partial charge in [-0.1, -0.05) is 48.5 Å². The van der Waals surface area contributed by atoms with E-state index in [1.54, 1.807) is 0 Å². The fraction of sp³-hybridized carbons (Fsp3) is 0.400. The predicted molar refractivity (Wildman–Crippen MR) is 94.0 cm³/mol. The SMILES string of the molecule is NCc1cccc(C2CCN(Cc3ccccc3)CC2)c1CO. The minimum atomic E-state index is 0.0902. The lowest BCUT2D eigenvalue weighted by Crippen LogP contribution is -2.32. The Labute approximate surface area is 138 Å². The van der Waals surface area contributed by atoms with Crippen molar-refractivity contribution >= 4 is 0 Å². The standard InChI is InChI=1S/C20H26N2O/c21-13-18-7-4-8-19(20(18)15-23)17-9-11-22(12-10-17)14-16-5-2-1-3-6-16/h1-8,17,23H,9-15,21H2. The fourth-order valence-electron chi connectivity index (χ4n) is 3.66. The molecule has 122 valence electrons. The molecule has 0 radical (unpaired) electrons. The lowest BCUT2D eigenvalue weighted by molar-refractivity contribution is 0.203. The third-order valence-electron chi connectivity index (χ3n) is 4.96. The molecule has 2 aromatic carbocycles. The topological polar surface area (TPSA) is 49.5 Å². The van der Waals surface area contributed by atoms with Gasteiger partial charge in [0.25, 0.3) is 0 Å². The average Bonchev–Trinajstić information content (AvgIpc) is 2.62. The third kappa shape index (κ3) is 3.81. The van der Waals surface area contributed by atoms with Crippen LogP contribution in [0.5, 0.6) is 0 Å². The zero-order valence-corrected chi connectivity index (χ0v) is 13.6. The number of rotatable bonds is 5. The summed E-state index contributed by atoms with van der Waals surface area (Å²) in [6, 6.07) is 16.9. The smallest absolute Gasteiger partial charge is 0.0687 e. The van der Waals surface area contributed by atoms with Crippen molar-refractivity contribution in [1.82, 2.24) is 4.90 Å². The summed E-state index contributed by atoms with van der Waals surface area (Å²) in [5.41, 5.74) is 10.6. The molecule has 0 amide bonds. The van der Waals surface area contributed by atoms with E-state index in [1.807, 2.05) is 6.07 Å². The molecular formula is C20H26N2O. The Morgan fingerprint density at radius 1 is 1.00 bits per heavy atom. The number of benzene rings is 2. The van der Waals surface area contributed by atoms with Crippen LogP contribution in [0.25, 0.3) is 0 Å². The van der Waals surface area contributed by atoms with E-state index < -0.39 is 0 Å². The number of hydrogen-bond acceptors (Lipinski definition) is 3. The number of hydrogen-bond donors (Lipinski definition) is 2. The van der Waals surface area contributed by atoms with Crippen molar-refractivity contribution in [1.29, 1.82) is 0 Å². The quantitative estimate of drug-likeness (QED) is 0.892. The van der Waals surface area contributed by atoms with Crippen LogP contribution in [0, 0.1) is 0 Å². The number of nitrogens with zero attached hydrogens (tertiary/aromatic N) is 1. The minimum absolute atomic E-state index is 0.0902. The first-order valence-corrected chi connectivity index (χ1v) is 8.49. The summed E-state index contributed by atoms with van der Waals surface area (Å²) < 4.78 is 0. The van der Waals surface area contributed by atoms with Crippen LogP contribution in [-0.2, 0) is 19.7 Å². The number of likely N-dealkylation sites (tertiary alicyclic amines) is 1. The normalized spacial score (nSPS) is 16.6. The van der Waals surface area contributed by atoms with Gasteiger partial charge < -0.3 is 10.8 Å². The van der Waals surface area contributed by atoms with Gasteiger partial charge in [0.15, 0.2) is 0 Å². The molecule has 0 saturated carbocycles. The number of nitrogens with two attached hydrogens (primary N) is 1. The van der Waals surface area contributed by atoms with Gasteiger partial charge >= 0.3 is 0 Å². The third-order valence-corrected chi connectivity index (χ3v) is 4.96. The molecule has 3 nitrogen and oxygen atoms in total. The molecule has 1 fully saturated rings. The molecule has 3 rings (SSSR count). The Morgan fingerprint density at radius 3 is 2.39 bits per heavy atom. The van der Waals surface area contributed by atoms with Gasteiger partial charge in [-0.3, -0.25) is 4.90 Å². The molecule has 23 heavy (non-hydrogen) atoms. The Balaban J connectivity index is 1.65. The molecule has 0 aromatic heterocycles. The van der Waals surface area contributed by atoms with Gasteiger partial charge in [-0.2, -0.15) is 0 Å². The van der Waals surface area contributed by atoms with Crippen molar-refractivity contribution < 1.29 is 5.11 Å². The summed E-state index contributed by atoms with van der Waals surface area (Å²) >= 11 is 0. The van der Waals surface area contributed by atoms with Crippen LogP contribution in [-0.4, -0.2) is 23.1 Å². The van der Waals surface area contributed by atoms with Gasteiger partial charge in [0, 0.05) is 13.1 Å². The monoisotopic (exact) mass is 310 g/mol. The summed E-state index contributed by atoms with van der Waals surface area (Å²) in [6.07, 6.45) is 2.29. The molecular weight excluding hydrogens is 284 g/mol. The Bertz CT molecular complexity index is 619. The summed E-state index contributed by atoms with van der Waals surface area (Å²) in [5, 5.41) is 9.74. The number of aliphatic hydroxyl groups excluding tert-OH is 1. The Hall–Kier alpha value is -1.68. The molecule has 2 aromatic rings. The van der Waals surface area contributed by atoms with Gasteiger partial charge in [0.1, 0.15) is 0 Å². The lowest BCUT2D eigenvalue weighted by Gasteiger charge is -2.33. The van der Waals surface area contributed by atoms with Crippen molar-refractivity contribution in [3.05, 3.63) is 70.8 Å². The molecule has 0 bridgehead atoms. The first-order chi connectivity index (χ1) is 11.3. The van der Waals surface area contributed by atoms with Crippen LogP contribution in [0.4, 0.5) is 0 Å². The van der Waals surface area contributed by atoms with E-state index in [0.717, 1.165) is 43.6 Å².